The first-order valence-electron chi connectivity index (χ1n) is 19.8. The Morgan fingerprint density at radius 2 is 1.50 bits per heavy atom. The number of aliphatic hydroxyl groups is 2. The highest BCUT2D eigenvalue weighted by Gasteiger charge is 3.05. The minimum atomic E-state index is -2.99. The van der Waals surface area contributed by atoms with Crippen molar-refractivity contribution >= 4 is 41.8 Å². The Bertz CT molecular complexity index is 2020. The van der Waals surface area contributed by atoms with Crippen LogP contribution in [0.3, 0.4) is 0 Å². The normalized spacial score (nSPS) is 44.2. The van der Waals surface area contributed by atoms with E-state index >= 15 is 0 Å². The summed E-state index contributed by atoms with van der Waals surface area (Å²) in [5.41, 5.74) is -16.6. The fourth-order valence-corrected chi connectivity index (χ4v) is 13.3. The number of esters is 7. The summed E-state index contributed by atoms with van der Waals surface area (Å²) in [5, 5.41) is 28.8. The first-order chi connectivity index (χ1) is 27.9. The lowest BCUT2D eigenvalue weighted by Gasteiger charge is -2.77. The van der Waals surface area contributed by atoms with E-state index in [4.69, 9.17) is 47.0 Å². The van der Waals surface area contributed by atoms with Crippen molar-refractivity contribution in [3.05, 3.63) is 24.2 Å². The van der Waals surface area contributed by atoms with E-state index in [2.05, 4.69) is 0 Å². The number of carbonyl (C=O) groups excluding carboxylic acids is 7. The Labute approximate surface area is 344 Å². The second-order valence-electron chi connectivity index (χ2n) is 17.7. The predicted octanol–water partition coefficient (Wildman–Crippen LogP) is 1.91. The van der Waals surface area contributed by atoms with Crippen LogP contribution >= 0.6 is 0 Å². The molecule has 1 spiro atoms. The number of fused-ring (bicyclic) bond motifs is 4. The van der Waals surface area contributed by atoms with Crippen LogP contribution in [-0.2, 0) is 76.2 Å². The average Bonchev–Trinajstić information content (AvgIpc) is 3.95. The molecule has 0 unspecified atom stereocenters. The zero-order valence-corrected chi connectivity index (χ0v) is 35.1. The van der Waals surface area contributed by atoms with Crippen LogP contribution in [0.15, 0.2) is 23.0 Å². The van der Waals surface area contributed by atoms with Gasteiger partial charge >= 0.3 is 41.8 Å². The molecule has 3 heterocycles. The van der Waals surface area contributed by atoms with E-state index in [0.717, 1.165) is 48.7 Å². The highest BCUT2D eigenvalue weighted by molar-refractivity contribution is 5.74. The summed E-state index contributed by atoms with van der Waals surface area (Å²) in [6.07, 6.45) is -7.66. The lowest BCUT2D eigenvalue weighted by Crippen LogP contribution is -2.97. The van der Waals surface area contributed by atoms with Crippen LogP contribution < -0.4 is 0 Å². The molecule has 0 radical (unpaired) electrons. The molecule has 4 bridgehead atoms. The topological polar surface area (TPSA) is 256 Å². The molecular formula is C41H52O19. The van der Waals surface area contributed by atoms with Gasteiger partial charge in [-0.15, -0.1) is 0 Å². The van der Waals surface area contributed by atoms with Gasteiger partial charge in [-0.1, -0.05) is 20.8 Å². The molecule has 1 aromatic rings. The van der Waals surface area contributed by atoms with Crippen molar-refractivity contribution in [1.82, 2.24) is 0 Å². The van der Waals surface area contributed by atoms with E-state index in [0.29, 0.717) is 0 Å². The first-order valence-corrected chi connectivity index (χ1v) is 19.8. The summed E-state index contributed by atoms with van der Waals surface area (Å²) in [6, 6.07) is 1.50. The maximum atomic E-state index is 14.8. The standard InChI is InChI=1S/C41H52O19/c1-11-36-15-27-35(9,29(54-20(3)43)25-12-13-52-16-25)30(55-21(4)44)31(56-22(5)45)41(50)37(18-53-19(2)42)26(14-28(48)51-10)34(8)17-38(37,49)40(58-24(7)47,32(34)57-23(6)46)33(59-36)39(27,41)60-36/h12-13,16,26-27,29-33,49-50H,11,14-15,17-18H2,1-10H3/t26-,27+,29-,30-,31+,32-,33-,34+,35+,36-,37+,38+,39+,40-,41-/m0/s1. The summed E-state index contributed by atoms with van der Waals surface area (Å²) in [4.78, 5) is 94.0. The lowest BCUT2D eigenvalue weighted by molar-refractivity contribution is -0.447. The largest absolute Gasteiger partial charge is 0.472 e. The van der Waals surface area contributed by atoms with Crippen molar-refractivity contribution < 1.29 is 90.8 Å². The monoisotopic (exact) mass is 848 g/mol. The molecule has 2 saturated heterocycles. The van der Waals surface area contributed by atoms with E-state index in [-0.39, 0.29) is 18.4 Å². The van der Waals surface area contributed by atoms with Crippen molar-refractivity contribution in [2.45, 2.75) is 147 Å². The summed E-state index contributed by atoms with van der Waals surface area (Å²) in [5.74, 6) is -11.0. The fourth-order valence-electron chi connectivity index (χ4n) is 13.3. The Kier molecular flexibility index (Phi) is 9.94. The van der Waals surface area contributed by atoms with E-state index in [9.17, 15) is 43.8 Å². The van der Waals surface area contributed by atoms with Crippen molar-refractivity contribution in [3.8, 4) is 0 Å². The van der Waals surface area contributed by atoms with E-state index in [1.807, 2.05) is 0 Å². The SMILES string of the molecule is CC[C@@]12C[C@@H]3[C@](C)([C@@H](OC(C)=O)c4ccoc4)[C@@H](OC(C)=O)[C@@H](OC(C)=O)[C@@]4(O)[C@]3(O1)[C@H](O2)[C@@]1(OC(C)=O)[C@@H](OC(C)=O)[C@]2(C)C[C@@]1(O)[C@@]4(COC(C)=O)[C@H]2CC(=O)OC. The van der Waals surface area contributed by atoms with Crippen LogP contribution in [0.1, 0.15) is 99.7 Å². The molecule has 19 nitrogen and oxygen atoms in total. The Balaban J connectivity index is 1.72. The molecule has 6 aliphatic rings. The van der Waals surface area contributed by atoms with Crippen LogP contribution in [-0.4, -0.2) is 118 Å². The third-order valence-corrected chi connectivity index (χ3v) is 14.7. The highest BCUT2D eigenvalue weighted by atomic mass is 16.8. The molecule has 4 saturated carbocycles. The second kappa shape index (κ2) is 13.7. The molecule has 0 aromatic carbocycles. The van der Waals surface area contributed by atoms with Crippen molar-refractivity contribution in [3.63, 3.8) is 0 Å². The van der Waals surface area contributed by atoms with Gasteiger partial charge < -0.3 is 57.3 Å². The number of hydrogen-bond acceptors (Lipinski definition) is 19. The number of ether oxygens (including phenoxy) is 9. The Morgan fingerprint density at radius 3 is 2.02 bits per heavy atom. The molecule has 60 heavy (non-hydrogen) atoms. The number of methoxy groups -OCH3 is 1. The third kappa shape index (κ3) is 5.05. The highest BCUT2D eigenvalue weighted by Crippen LogP contribution is 2.87. The van der Waals surface area contributed by atoms with Gasteiger partial charge in [0.1, 0.15) is 35.6 Å². The van der Waals surface area contributed by atoms with E-state index in [1.165, 1.54) is 18.6 Å². The van der Waals surface area contributed by atoms with Crippen molar-refractivity contribution in [2.75, 3.05) is 13.7 Å². The van der Waals surface area contributed by atoms with Crippen LogP contribution in [0.25, 0.3) is 0 Å². The number of carbonyl (C=O) groups is 7. The molecule has 1 aromatic heterocycles. The van der Waals surface area contributed by atoms with Gasteiger partial charge in [0, 0.05) is 71.3 Å². The summed E-state index contributed by atoms with van der Waals surface area (Å²) < 4.78 is 61.6. The Morgan fingerprint density at radius 1 is 0.867 bits per heavy atom. The quantitative estimate of drug-likeness (QED) is 0.225. The van der Waals surface area contributed by atoms with Crippen molar-refractivity contribution in [1.29, 1.82) is 0 Å². The van der Waals surface area contributed by atoms with Gasteiger partial charge in [0.15, 0.2) is 24.1 Å². The molecule has 2 N–H and O–H groups in total. The number of furan rings is 1. The van der Waals surface area contributed by atoms with Crippen LogP contribution in [0.4, 0.5) is 0 Å². The van der Waals surface area contributed by atoms with Crippen LogP contribution in [0, 0.1) is 28.1 Å². The van der Waals surface area contributed by atoms with E-state index in [1.54, 1.807) is 20.8 Å². The summed E-state index contributed by atoms with van der Waals surface area (Å²) in [6.45, 7) is 10.3. The molecular weight excluding hydrogens is 796 g/mol. The predicted molar refractivity (Wildman–Crippen MR) is 194 cm³/mol. The van der Waals surface area contributed by atoms with E-state index < -0.39 is 148 Å². The second-order valence-corrected chi connectivity index (χ2v) is 17.7. The average molecular weight is 849 g/mol. The summed E-state index contributed by atoms with van der Waals surface area (Å²) >= 11 is 0. The van der Waals surface area contributed by atoms with Crippen molar-refractivity contribution in [2.24, 2.45) is 28.1 Å². The smallest absolute Gasteiger partial charge is 0.305 e. The molecule has 4 aliphatic carbocycles. The van der Waals surface area contributed by atoms with Gasteiger partial charge in [-0.2, -0.15) is 0 Å². The maximum absolute atomic E-state index is 14.8. The molecule has 19 heteroatoms. The van der Waals surface area contributed by atoms with Crippen LogP contribution in [0.5, 0.6) is 0 Å². The van der Waals surface area contributed by atoms with Gasteiger partial charge in [-0.3, -0.25) is 33.6 Å². The summed E-state index contributed by atoms with van der Waals surface area (Å²) in [7, 11) is 1.11. The zero-order chi connectivity index (χ0) is 44.4. The van der Waals surface area contributed by atoms with Gasteiger partial charge in [0.05, 0.1) is 30.5 Å². The first kappa shape index (κ1) is 43.5. The maximum Gasteiger partial charge on any atom is 0.305 e. The molecule has 15 atom stereocenters. The molecule has 0 amide bonds. The minimum Gasteiger partial charge on any atom is -0.472 e. The van der Waals surface area contributed by atoms with Gasteiger partial charge in [-0.05, 0) is 24.8 Å². The molecule has 330 valence electrons. The molecule has 6 fully saturated rings. The Hall–Kier alpha value is -4.59. The number of hydrogen-bond donors (Lipinski definition) is 2. The van der Waals surface area contributed by atoms with Crippen LogP contribution in [0.2, 0.25) is 0 Å². The zero-order valence-electron chi connectivity index (χ0n) is 35.1. The van der Waals surface area contributed by atoms with Gasteiger partial charge in [-0.25, -0.2) is 0 Å². The minimum absolute atomic E-state index is 0.0148. The molecule has 2 aliphatic heterocycles. The fraction of sp³-hybridized carbons (Fsp3) is 0.732. The molecule has 7 rings (SSSR count). The third-order valence-electron chi connectivity index (χ3n) is 14.7. The van der Waals surface area contributed by atoms with Gasteiger partial charge in [0.2, 0.25) is 5.60 Å². The lowest BCUT2D eigenvalue weighted by atomic mass is 9.32. The van der Waals surface area contributed by atoms with Gasteiger partial charge in [0.25, 0.3) is 0 Å². The number of rotatable bonds is 12.